The molecule has 1 atom stereocenters. The minimum absolute atomic E-state index is 0.0758. The molecule has 0 heterocycles. The van der Waals surface area contributed by atoms with Crippen molar-refractivity contribution >= 4 is 11.8 Å². The fraction of sp³-hybridized carbons (Fsp3) is 0.833. The highest BCUT2D eigenvalue weighted by Crippen LogP contribution is 1.89. The van der Waals surface area contributed by atoms with Gasteiger partial charge in [0.2, 0.25) is 0 Å². The fourth-order valence-electron chi connectivity index (χ4n) is 1.13. The average Bonchev–Trinajstić information content (AvgIpc) is 2.34. The second-order valence-electron chi connectivity index (χ2n) is 4.13. The second kappa shape index (κ2) is 11.0. The molecule has 3 N–H and O–H groups in total. The summed E-state index contributed by atoms with van der Waals surface area (Å²) in [5, 5.41) is 13.7. The minimum Gasteiger partial charge on any atom is -0.392 e. The highest BCUT2D eigenvalue weighted by molar-refractivity contribution is 6.35. The number of carbonyl (C=O) groups excluding carboxylic acids is 2. The quantitative estimate of drug-likeness (QED) is 0.396. The standard InChI is InChI=1S/C12H24N2O4/c1-3-4-7-18-8-5-6-13-11(16)12(17)14-9-10(2)15/h10,15H,3-9H2,1-2H3,(H,13,16)(H,14,17). The molecule has 6 heteroatoms. The molecule has 0 aromatic carbocycles. The maximum Gasteiger partial charge on any atom is 0.309 e. The lowest BCUT2D eigenvalue weighted by Gasteiger charge is -2.08. The number of aliphatic hydroxyl groups is 1. The Bertz CT molecular complexity index is 244. The number of carbonyl (C=O) groups is 2. The first-order valence-corrected chi connectivity index (χ1v) is 6.39. The summed E-state index contributed by atoms with van der Waals surface area (Å²) < 4.78 is 5.31. The smallest absolute Gasteiger partial charge is 0.309 e. The Hall–Kier alpha value is -1.14. The lowest BCUT2D eigenvalue weighted by molar-refractivity contribution is -0.139. The fourth-order valence-corrected chi connectivity index (χ4v) is 1.13. The number of rotatable bonds is 9. The molecule has 18 heavy (non-hydrogen) atoms. The second-order valence-corrected chi connectivity index (χ2v) is 4.13. The van der Waals surface area contributed by atoms with Gasteiger partial charge in [0.15, 0.2) is 0 Å². The van der Waals surface area contributed by atoms with Gasteiger partial charge in [0, 0.05) is 26.3 Å². The van der Waals surface area contributed by atoms with Crippen LogP contribution in [0.3, 0.4) is 0 Å². The van der Waals surface area contributed by atoms with E-state index in [1.54, 1.807) is 0 Å². The summed E-state index contributed by atoms with van der Waals surface area (Å²) in [6.45, 7) is 5.43. The maximum absolute atomic E-state index is 11.2. The van der Waals surface area contributed by atoms with Crippen molar-refractivity contribution in [2.24, 2.45) is 0 Å². The third-order valence-corrected chi connectivity index (χ3v) is 2.16. The van der Waals surface area contributed by atoms with E-state index in [0.717, 1.165) is 19.4 Å². The first-order valence-electron chi connectivity index (χ1n) is 6.39. The predicted molar refractivity (Wildman–Crippen MR) is 68.0 cm³/mol. The van der Waals surface area contributed by atoms with Crippen LogP contribution in [0.4, 0.5) is 0 Å². The average molecular weight is 260 g/mol. The van der Waals surface area contributed by atoms with Crippen molar-refractivity contribution in [2.75, 3.05) is 26.3 Å². The van der Waals surface area contributed by atoms with Gasteiger partial charge in [-0.1, -0.05) is 13.3 Å². The van der Waals surface area contributed by atoms with Gasteiger partial charge in [-0.15, -0.1) is 0 Å². The van der Waals surface area contributed by atoms with E-state index in [2.05, 4.69) is 17.6 Å². The van der Waals surface area contributed by atoms with E-state index in [1.165, 1.54) is 6.92 Å². The van der Waals surface area contributed by atoms with Gasteiger partial charge in [0.05, 0.1) is 6.10 Å². The lowest BCUT2D eigenvalue weighted by Crippen LogP contribution is -2.42. The predicted octanol–water partition coefficient (Wildman–Crippen LogP) is -0.194. The van der Waals surface area contributed by atoms with Gasteiger partial charge in [-0.05, 0) is 19.8 Å². The highest BCUT2D eigenvalue weighted by atomic mass is 16.5. The van der Waals surface area contributed by atoms with Crippen LogP contribution in [0, 0.1) is 0 Å². The minimum atomic E-state index is -0.720. The molecule has 0 aromatic rings. The van der Waals surface area contributed by atoms with E-state index in [-0.39, 0.29) is 6.54 Å². The van der Waals surface area contributed by atoms with Gasteiger partial charge in [-0.25, -0.2) is 0 Å². The van der Waals surface area contributed by atoms with Crippen molar-refractivity contribution in [3.05, 3.63) is 0 Å². The summed E-state index contributed by atoms with van der Waals surface area (Å²) in [7, 11) is 0. The van der Waals surface area contributed by atoms with Gasteiger partial charge in [-0.3, -0.25) is 9.59 Å². The van der Waals surface area contributed by atoms with E-state index in [4.69, 9.17) is 9.84 Å². The normalized spacial score (nSPS) is 11.9. The van der Waals surface area contributed by atoms with Crippen molar-refractivity contribution in [1.29, 1.82) is 0 Å². The Morgan fingerprint density at radius 3 is 2.39 bits per heavy atom. The summed E-state index contributed by atoms with van der Waals surface area (Å²) in [4.78, 5) is 22.4. The molecule has 2 amide bonds. The van der Waals surface area contributed by atoms with E-state index in [1.807, 2.05) is 0 Å². The lowest BCUT2D eigenvalue weighted by atomic mass is 10.3. The number of hydrogen-bond acceptors (Lipinski definition) is 4. The maximum atomic E-state index is 11.2. The van der Waals surface area contributed by atoms with Crippen LogP contribution in [0.5, 0.6) is 0 Å². The molecule has 1 unspecified atom stereocenters. The molecule has 0 fully saturated rings. The SMILES string of the molecule is CCCCOCCCNC(=O)C(=O)NCC(C)O. The molecule has 106 valence electrons. The van der Waals surface area contributed by atoms with Crippen LogP contribution in [-0.2, 0) is 14.3 Å². The topological polar surface area (TPSA) is 87.7 Å². The van der Waals surface area contributed by atoms with Gasteiger partial charge >= 0.3 is 11.8 Å². The molecule has 0 aliphatic heterocycles. The zero-order chi connectivity index (χ0) is 13.8. The summed E-state index contributed by atoms with van der Waals surface area (Å²) in [6.07, 6.45) is 2.15. The van der Waals surface area contributed by atoms with E-state index < -0.39 is 17.9 Å². The third kappa shape index (κ3) is 10.0. The van der Waals surface area contributed by atoms with Crippen LogP contribution in [-0.4, -0.2) is 49.3 Å². The molecule has 0 saturated heterocycles. The summed E-state index contributed by atoms with van der Waals surface area (Å²) in [5.41, 5.74) is 0. The Morgan fingerprint density at radius 1 is 1.17 bits per heavy atom. The van der Waals surface area contributed by atoms with Crippen LogP contribution >= 0.6 is 0 Å². The third-order valence-electron chi connectivity index (χ3n) is 2.16. The number of hydrogen-bond donors (Lipinski definition) is 3. The monoisotopic (exact) mass is 260 g/mol. The molecule has 0 aromatic heterocycles. The molecule has 0 bridgehead atoms. The Kier molecular flexibility index (Phi) is 10.3. The Morgan fingerprint density at radius 2 is 1.78 bits per heavy atom. The molecular formula is C12H24N2O4. The van der Waals surface area contributed by atoms with E-state index >= 15 is 0 Å². The number of nitrogens with one attached hydrogen (secondary N) is 2. The van der Waals surface area contributed by atoms with Crippen molar-refractivity contribution in [1.82, 2.24) is 10.6 Å². The zero-order valence-electron chi connectivity index (χ0n) is 11.2. The summed E-state index contributed by atoms with van der Waals surface area (Å²) in [6, 6.07) is 0. The molecule has 0 aliphatic rings. The van der Waals surface area contributed by atoms with E-state index in [9.17, 15) is 9.59 Å². The van der Waals surface area contributed by atoms with Gasteiger partial charge < -0.3 is 20.5 Å². The highest BCUT2D eigenvalue weighted by Gasteiger charge is 2.12. The van der Waals surface area contributed by atoms with Gasteiger partial charge in [0.1, 0.15) is 0 Å². The molecule has 0 aliphatic carbocycles. The van der Waals surface area contributed by atoms with Crippen LogP contribution < -0.4 is 10.6 Å². The molecule has 0 radical (unpaired) electrons. The van der Waals surface area contributed by atoms with Crippen LogP contribution in [0.15, 0.2) is 0 Å². The van der Waals surface area contributed by atoms with Gasteiger partial charge in [0.25, 0.3) is 0 Å². The van der Waals surface area contributed by atoms with E-state index in [0.29, 0.717) is 19.6 Å². The number of ether oxygens (including phenoxy) is 1. The van der Waals surface area contributed by atoms with Crippen LogP contribution in [0.2, 0.25) is 0 Å². The van der Waals surface area contributed by atoms with Crippen molar-refractivity contribution in [3.63, 3.8) is 0 Å². The van der Waals surface area contributed by atoms with Crippen molar-refractivity contribution < 1.29 is 19.4 Å². The summed E-state index contributed by atoms with van der Waals surface area (Å²) >= 11 is 0. The molecule has 0 saturated carbocycles. The summed E-state index contributed by atoms with van der Waals surface area (Å²) in [5.74, 6) is -1.40. The Balaban J connectivity index is 3.43. The largest absolute Gasteiger partial charge is 0.392 e. The van der Waals surface area contributed by atoms with Gasteiger partial charge in [-0.2, -0.15) is 0 Å². The molecular weight excluding hydrogens is 236 g/mol. The molecule has 6 nitrogen and oxygen atoms in total. The number of aliphatic hydroxyl groups excluding tert-OH is 1. The van der Waals surface area contributed by atoms with Crippen molar-refractivity contribution in [2.45, 2.75) is 39.2 Å². The molecule has 0 rings (SSSR count). The first kappa shape index (κ1) is 16.9. The zero-order valence-corrected chi connectivity index (χ0v) is 11.2. The van der Waals surface area contributed by atoms with Crippen LogP contribution in [0.1, 0.15) is 33.1 Å². The number of unbranched alkanes of at least 4 members (excludes halogenated alkanes) is 1. The Labute approximate surface area is 108 Å². The van der Waals surface area contributed by atoms with Crippen LogP contribution in [0.25, 0.3) is 0 Å². The molecule has 0 spiro atoms. The van der Waals surface area contributed by atoms with Crippen molar-refractivity contribution in [3.8, 4) is 0 Å². The first-order chi connectivity index (χ1) is 8.57. The number of amides is 2.